The number of nitro groups is 2. The Hall–Kier alpha value is -8.77. The third kappa shape index (κ3) is 10.5. The number of hydrogen-bond acceptors (Lipinski definition) is 16. The Kier molecular flexibility index (Phi) is 13.7. The summed E-state index contributed by atoms with van der Waals surface area (Å²) in [6, 6.07) is 19.8. The smallest absolute Gasteiger partial charge is 0.411 e. The number of esters is 1. The molecule has 5 aromatic carbocycles. The molecule has 0 fully saturated rings. The zero-order chi connectivity index (χ0) is 49.8. The summed E-state index contributed by atoms with van der Waals surface area (Å²) >= 11 is 0. The van der Waals surface area contributed by atoms with Gasteiger partial charge in [0.05, 0.1) is 32.3 Å². The maximum absolute atomic E-state index is 13.6. The monoisotopic (exact) mass is 966 g/mol. The van der Waals surface area contributed by atoms with Gasteiger partial charge in [-0.15, -0.1) is 0 Å². The Morgan fingerprint density at radius 1 is 0.681 bits per heavy atom. The number of benzene rings is 5. The van der Waals surface area contributed by atoms with Gasteiger partial charge in [-0.1, -0.05) is 13.0 Å². The van der Waals surface area contributed by atoms with Crippen LogP contribution < -0.4 is 26.0 Å². The van der Waals surface area contributed by atoms with Crippen LogP contribution >= 0.6 is 0 Å². The van der Waals surface area contributed by atoms with Gasteiger partial charge in [-0.2, -0.15) is 8.42 Å². The summed E-state index contributed by atoms with van der Waals surface area (Å²) in [4.78, 5) is 99.7. The number of carbonyl (C=O) groups is 6. The predicted octanol–water partition coefficient (Wildman–Crippen LogP) is 6.53. The van der Waals surface area contributed by atoms with Gasteiger partial charge < -0.3 is 29.6 Å². The van der Waals surface area contributed by atoms with Gasteiger partial charge in [-0.3, -0.25) is 49.8 Å². The zero-order valence-electron chi connectivity index (χ0n) is 36.2. The minimum atomic E-state index is -4.39. The minimum absolute atomic E-state index is 0.00687. The van der Waals surface area contributed by atoms with Crippen molar-refractivity contribution in [3.63, 3.8) is 0 Å². The number of amides is 4. The number of rotatable bonds is 16. The van der Waals surface area contributed by atoms with E-state index in [1.165, 1.54) is 73.7 Å². The van der Waals surface area contributed by atoms with Crippen LogP contribution in [0.15, 0.2) is 91.0 Å². The van der Waals surface area contributed by atoms with Crippen LogP contribution in [0.2, 0.25) is 0 Å². The Labute approximate surface area is 390 Å². The number of ether oxygens (including phenoxy) is 4. The van der Waals surface area contributed by atoms with Crippen molar-refractivity contribution in [2.24, 2.45) is 0 Å². The zero-order valence-corrected chi connectivity index (χ0v) is 37.0. The number of fused-ring (bicyclic) bond motifs is 6. The third-order valence-corrected chi connectivity index (χ3v) is 11.4. The Morgan fingerprint density at radius 2 is 1.17 bits per heavy atom. The van der Waals surface area contributed by atoms with Crippen LogP contribution in [0.4, 0.5) is 32.3 Å². The maximum atomic E-state index is 13.6. The highest BCUT2D eigenvalue weighted by Gasteiger charge is 2.54. The van der Waals surface area contributed by atoms with E-state index in [1.807, 2.05) is 6.92 Å². The molecule has 1 unspecified atom stereocenters. The predicted molar refractivity (Wildman–Crippen MR) is 240 cm³/mol. The lowest BCUT2D eigenvalue weighted by molar-refractivity contribution is -0.386. The standard InChI is InChI=1S/C45H38N6O17S/c1-3-14-46-40(53)26-5-12-36(50(58)59)28(17-26)22-65-43(56)48-30-7-10-33-38(20-30)67-39-21-31(8-11-34(39)45(33)35-19-25(24(2)52)4-9-32(35)42(55)68-45)49-44(57)66-23-29-18-27(6-13-37(29)51(60)61)41(54)47-15-16-69(62,63)64/h4-13,17-21H,3,14-16,22-23H2,1-2H3,(H,46,53)(H,47,54)(H,48,56)(H,49,57)(H,62,63,64). The van der Waals surface area contributed by atoms with E-state index in [-0.39, 0.29) is 78.7 Å². The molecule has 0 saturated heterocycles. The van der Waals surface area contributed by atoms with Crippen LogP contribution in [0.1, 0.15) is 89.5 Å². The van der Waals surface area contributed by atoms with Crippen molar-refractivity contribution in [1.29, 1.82) is 0 Å². The number of anilines is 2. The number of nitrogens with one attached hydrogen (secondary N) is 4. The largest absolute Gasteiger partial charge is 0.456 e. The van der Waals surface area contributed by atoms with E-state index in [1.54, 1.807) is 0 Å². The van der Waals surface area contributed by atoms with Gasteiger partial charge in [0.2, 0.25) is 0 Å². The fourth-order valence-electron chi connectivity index (χ4n) is 7.47. The summed E-state index contributed by atoms with van der Waals surface area (Å²) in [5.74, 6) is -3.12. The van der Waals surface area contributed by atoms with Gasteiger partial charge in [-0.25, -0.2) is 14.4 Å². The highest BCUT2D eigenvalue weighted by Crippen LogP contribution is 2.57. The van der Waals surface area contributed by atoms with E-state index in [0.29, 0.717) is 13.0 Å². The summed E-state index contributed by atoms with van der Waals surface area (Å²) < 4.78 is 54.1. The molecular weight excluding hydrogens is 929 g/mol. The summed E-state index contributed by atoms with van der Waals surface area (Å²) in [7, 11) is -4.39. The van der Waals surface area contributed by atoms with Crippen LogP contribution in [0.25, 0.3) is 0 Å². The molecule has 69 heavy (non-hydrogen) atoms. The summed E-state index contributed by atoms with van der Waals surface area (Å²) in [5, 5.41) is 33.5. The fraction of sp³-hybridized carbons (Fsp3) is 0.200. The van der Waals surface area contributed by atoms with E-state index in [4.69, 9.17) is 23.5 Å². The molecule has 0 radical (unpaired) electrons. The molecule has 0 bridgehead atoms. The second-order valence-corrected chi connectivity index (χ2v) is 16.9. The van der Waals surface area contributed by atoms with Gasteiger partial charge in [0.25, 0.3) is 33.3 Å². The maximum Gasteiger partial charge on any atom is 0.411 e. The topological polar surface area (TPSA) is 328 Å². The highest BCUT2D eigenvalue weighted by molar-refractivity contribution is 7.85. The first-order chi connectivity index (χ1) is 32.8. The third-order valence-electron chi connectivity index (χ3n) is 10.7. The number of carbonyl (C=O) groups excluding carboxylic acids is 6. The molecular formula is C45H38N6O17S. The molecule has 4 amide bonds. The Morgan fingerprint density at radius 3 is 1.64 bits per heavy atom. The van der Waals surface area contributed by atoms with Gasteiger partial charge in [-0.05, 0) is 74.0 Å². The van der Waals surface area contributed by atoms with Crippen molar-refractivity contribution in [2.75, 3.05) is 29.5 Å². The van der Waals surface area contributed by atoms with Crippen molar-refractivity contribution >= 4 is 68.6 Å². The van der Waals surface area contributed by atoms with Gasteiger partial charge in [0, 0.05) is 82.1 Å². The average Bonchev–Trinajstić information content (AvgIpc) is 3.59. The Balaban J connectivity index is 1.14. The Bertz CT molecular complexity index is 3120. The quantitative estimate of drug-likeness (QED) is 0.0175. The lowest BCUT2D eigenvalue weighted by Crippen LogP contribution is -2.33. The van der Waals surface area contributed by atoms with Crippen LogP contribution in [0, 0.1) is 20.2 Å². The molecule has 24 heteroatoms. The molecule has 1 atom stereocenters. The molecule has 5 aromatic rings. The van der Waals surface area contributed by atoms with Crippen molar-refractivity contribution in [3.05, 3.63) is 161 Å². The van der Waals surface area contributed by atoms with E-state index in [9.17, 15) is 57.4 Å². The van der Waals surface area contributed by atoms with Crippen molar-refractivity contribution in [3.8, 4) is 11.5 Å². The molecule has 5 N–H and O–H groups in total. The number of hydrogen-bond donors (Lipinski definition) is 5. The van der Waals surface area contributed by atoms with E-state index in [2.05, 4.69) is 21.3 Å². The first-order valence-corrected chi connectivity index (χ1v) is 22.2. The molecule has 23 nitrogen and oxygen atoms in total. The average molecular weight is 967 g/mol. The molecule has 0 aliphatic carbocycles. The number of nitrogens with zero attached hydrogens (tertiary/aromatic N) is 2. The lowest BCUT2D eigenvalue weighted by atomic mass is 9.77. The van der Waals surface area contributed by atoms with Gasteiger partial charge in [0.1, 0.15) is 24.7 Å². The fourth-order valence-corrected chi connectivity index (χ4v) is 7.83. The molecule has 356 valence electrons. The second kappa shape index (κ2) is 19.6. The molecule has 2 heterocycles. The summed E-state index contributed by atoms with van der Waals surface area (Å²) in [6.07, 6.45) is -1.52. The van der Waals surface area contributed by atoms with Gasteiger partial charge in [0.15, 0.2) is 11.4 Å². The molecule has 0 saturated carbocycles. The highest BCUT2D eigenvalue weighted by atomic mass is 32.2. The first-order valence-electron chi connectivity index (χ1n) is 20.6. The first kappa shape index (κ1) is 48.2. The molecule has 1 spiro atoms. The lowest BCUT2D eigenvalue weighted by Gasteiger charge is -2.37. The van der Waals surface area contributed by atoms with Crippen molar-refractivity contribution in [2.45, 2.75) is 39.1 Å². The van der Waals surface area contributed by atoms with Crippen molar-refractivity contribution in [1.82, 2.24) is 10.6 Å². The number of Topliss-reactive ketones (excluding diaryl/α,β-unsaturated/α-hetero) is 1. The van der Waals surface area contributed by atoms with Crippen molar-refractivity contribution < 1.29 is 70.5 Å². The SMILES string of the molecule is CCCNC(=O)c1ccc([N+](=O)[O-])c(COC(=O)Nc2ccc3c(c2)Oc2cc(NC(=O)OCc4cc(C(=O)NCCS(=O)(=O)O)ccc4[N+](=O)[O-])ccc2C32OC(=O)c3ccc(C(C)=O)cc32)c1. The minimum Gasteiger partial charge on any atom is -0.456 e. The van der Waals surface area contributed by atoms with E-state index < -0.39 is 92.4 Å². The van der Waals surface area contributed by atoms with Crippen LogP contribution in [-0.2, 0) is 43.1 Å². The molecule has 7 rings (SSSR count). The molecule has 2 aliphatic heterocycles. The van der Waals surface area contributed by atoms with Gasteiger partial charge >= 0.3 is 18.2 Å². The molecule has 0 aromatic heterocycles. The molecule has 2 aliphatic rings. The van der Waals surface area contributed by atoms with E-state index >= 15 is 0 Å². The second-order valence-electron chi connectivity index (χ2n) is 15.3. The summed E-state index contributed by atoms with van der Waals surface area (Å²) in [5.41, 5.74) is -1.66. The normalized spacial score (nSPS) is 14.2. The van der Waals surface area contributed by atoms with Crippen LogP contribution in [0.3, 0.4) is 0 Å². The number of ketones is 1. The van der Waals surface area contributed by atoms with Crippen LogP contribution in [-0.4, -0.2) is 77.4 Å². The van der Waals surface area contributed by atoms with Crippen LogP contribution in [0.5, 0.6) is 11.5 Å². The van der Waals surface area contributed by atoms with E-state index in [0.717, 1.165) is 24.3 Å². The summed E-state index contributed by atoms with van der Waals surface area (Å²) in [6.45, 7) is 1.79. The number of nitro benzene ring substituents is 2.